The summed E-state index contributed by atoms with van der Waals surface area (Å²) < 4.78 is 0. The SMILES string of the molecule is CC.CC.CCCC(CCC)=NO. The fraction of sp³-hybridized carbons (Fsp3) is 0.909. The lowest BCUT2D eigenvalue weighted by molar-refractivity contribution is 0.316. The van der Waals surface area contributed by atoms with Crippen LogP contribution in [-0.4, -0.2) is 10.9 Å². The van der Waals surface area contributed by atoms with Gasteiger partial charge in [0.25, 0.3) is 0 Å². The molecule has 0 radical (unpaired) electrons. The molecule has 0 fully saturated rings. The van der Waals surface area contributed by atoms with E-state index in [1.54, 1.807) is 0 Å². The Hall–Kier alpha value is -0.530. The van der Waals surface area contributed by atoms with Crippen LogP contribution in [0.5, 0.6) is 0 Å². The van der Waals surface area contributed by atoms with E-state index in [1.807, 2.05) is 27.7 Å². The first kappa shape index (κ1) is 18.3. The average Bonchev–Trinajstić information content (AvgIpc) is 2.23. The molecule has 0 aromatic carbocycles. The van der Waals surface area contributed by atoms with Crippen molar-refractivity contribution in [3.63, 3.8) is 0 Å². The van der Waals surface area contributed by atoms with Gasteiger partial charge < -0.3 is 5.21 Å². The summed E-state index contributed by atoms with van der Waals surface area (Å²) >= 11 is 0. The molecule has 0 amide bonds. The maximum absolute atomic E-state index is 8.38. The van der Waals surface area contributed by atoms with E-state index in [9.17, 15) is 0 Å². The van der Waals surface area contributed by atoms with Gasteiger partial charge in [0.05, 0.1) is 5.71 Å². The fourth-order valence-electron chi connectivity index (χ4n) is 0.802. The molecule has 82 valence electrons. The number of hydrogen-bond donors (Lipinski definition) is 1. The Labute approximate surface area is 84.0 Å². The van der Waals surface area contributed by atoms with E-state index >= 15 is 0 Å². The summed E-state index contributed by atoms with van der Waals surface area (Å²) in [6.45, 7) is 12.2. The molecule has 0 aliphatic carbocycles. The summed E-state index contributed by atoms with van der Waals surface area (Å²) in [5, 5.41) is 11.6. The Bertz CT molecular complexity index is 82.1. The fourth-order valence-corrected chi connectivity index (χ4v) is 0.802. The van der Waals surface area contributed by atoms with Crippen LogP contribution >= 0.6 is 0 Å². The molecule has 0 aliphatic heterocycles. The Morgan fingerprint density at radius 3 is 1.38 bits per heavy atom. The second-order valence-electron chi connectivity index (χ2n) is 2.17. The Balaban J connectivity index is -0.000000218. The van der Waals surface area contributed by atoms with Gasteiger partial charge in [-0.15, -0.1) is 0 Å². The first-order chi connectivity index (χ1) is 6.35. The molecule has 0 saturated heterocycles. The molecule has 0 aromatic rings. The maximum atomic E-state index is 8.38. The van der Waals surface area contributed by atoms with Crippen LogP contribution < -0.4 is 0 Å². The van der Waals surface area contributed by atoms with Crippen LogP contribution in [-0.2, 0) is 0 Å². The van der Waals surface area contributed by atoms with Gasteiger partial charge in [0.15, 0.2) is 0 Å². The summed E-state index contributed by atoms with van der Waals surface area (Å²) in [6.07, 6.45) is 4.01. The highest BCUT2D eigenvalue weighted by Gasteiger charge is 1.94. The third-order valence-corrected chi connectivity index (χ3v) is 1.22. The van der Waals surface area contributed by atoms with Crippen molar-refractivity contribution in [2.75, 3.05) is 0 Å². The zero-order valence-electron chi connectivity index (χ0n) is 10.2. The lowest BCUT2D eigenvalue weighted by Crippen LogP contribution is -1.95. The van der Waals surface area contributed by atoms with Gasteiger partial charge in [-0.2, -0.15) is 0 Å². The van der Waals surface area contributed by atoms with Crippen molar-refractivity contribution in [1.29, 1.82) is 0 Å². The number of nitrogens with zero attached hydrogens (tertiary/aromatic N) is 1. The maximum Gasteiger partial charge on any atom is 0.0570 e. The van der Waals surface area contributed by atoms with Crippen LogP contribution in [0.2, 0.25) is 0 Å². The van der Waals surface area contributed by atoms with Gasteiger partial charge in [-0.3, -0.25) is 0 Å². The monoisotopic (exact) mass is 189 g/mol. The predicted octanol–water partition coefficient (Wildman–Crippen LogP) is 4.47. The van der Waals surface area contributed by atoms with Crippen LogP contribution in [0.15, 0.2) is 5.16 Å². The van der Waals surface area contributed by atoms with E-state index in [0.717, 1.165) is 31.4 Å². The van der Waals surface area contributed by atoms with Gasteiger partial charge in [-0.25, -0.2) is 0 Å². The largest absolute Gasteiger partial charge is 0.411 e. The molecule has 0 spiro atoms. The molecule has 13 heavy (non-hydrogen) atoms. The highest BCUT2D eigenvalue weighted by atomic mass is 16.4. The smallest absolute Gasteiger partial charge is 0.0570 e. The molecule has 2 nitrogen and oxygen atoms in total. The molecule has 0 atom stereocenters. The standard InChI is InChI=1S/C7H15NO.2C2H6/c1-3-5-7(8-9)6-4-2;2*1-2/h9H,3-6H2,1-2H3;2*1-2H3. The van der Waals surface area contributed by atoms with Crippen LogP contribution in [0.4, 0.5) is 0 Å². The minimum Gasteiger partial charge on any atom is -0.411 e. The second kappa shape index (κ2) is 22.5. The van der Waals surface area contributed by atoms with Gasteiger partial charge in [0, 0.05) is 0 Å². The van der Waals surface area contributed by atoms with E-state index < -0.39 is 0 Å². The average molecular weight is 189 g/mol. The molecule has 0 saturated carbocycles. The normalized spacial score (nSPS) is 7.23. The van der Waals surface area contributed by atoms with Crippen LogP contribution in [0, 0.1) is 0 Å². The third-order valence-electron chi connectivity index (χ3n) is 1.22. The van der Waals surface area contributed by atoms with Gasteiger partial charge in [0.1, 0.15) is 0 Å². The summed E-state index contributed by atoms with van der Waals surface area (Å²) in [7, 11) is 0. The van der Waals surface area contributed by atoms with Crippen molar-refractivity contribution in [2.24, 2.45) is 5.16 Å². The van der Waals surface area contributed by atoms with Crippen molar-refractivity contribution in [2.45, 2.75) is 67.2 Å². The van der Waals surface area contributed by atoms with Crippen molar-refractivity contribution in [1.82, 2.24) is 0 Å². The first-order valence-corrected chi connectivity index (χ1v) is 5.54. The van der Waals surface area contributed by atoms with E-state index in [1.165, 1.54) is 0 Å². The third kappa shape index (κ3) is 18.4. The zero-order chi connectivity index (χ0) is 11.1. The minimum absolute atomic E-state index is 0.931. The quantitative estimate of drug-likeness (QED) is 0.395. The van der Waals surface area contributed by atoms with Gasteiger partial charge in [-0.1, -0.05) is 59.5 Å². The Kier molecular flexibility index (Phi) is 31.7. The van der Waals surface area contributed by atoms with E-state index in [0.29, 0.717) is 0 Å². The first-order valence-electron chi connectivity index (χ1n) is 5.54. The number of hydrogen-bond acceptors (Lipinski definition) is 2. The molecule has 0 aromatic heterocycles. The summed E-state index contributed by atoms with van der Waals surface area (Å²) in [5.41, 5.74) is 0.931. The molecule has 1 N–H and O–H groups in total. The molecule has 0 bridgehead atoms. The minimum atomic E-state index is 0.931. The Morgan fingerprint density at radius 1 is 0.923 bits per heavy atom. The van der Waals surface area contributed by atoms with Crippen molar-refractivity contribution >= 4 is 5.71 Å². The lowest BCUT2D eigenvalue weighted by Gasteiger charge is -1.97. The second-order valence-corrected chi connectivity index (χ2v) is 2.17. The predicted molar refractivity (Wildman–Crippen MR) is 61.7 cm³/mol. The summed E-state index contributed by atoms with van der Waals surface area (Å²) in [4.78, 5) is 0. The molecule has 0 heterocycles. The van der Waals surface area contributed by atoms with Crippen molar-refractivity contribution < 1.29 is 5.21 Å². The lowest BCUT2D eigenvalue weighted by atomic mass is 10.1. The highest BCUT2D eigenvalue weighted by Crippen LogP contribution is 1.98. The van der Waals surface area contributed by atoms with Crippen LogP contribution in [0.3, 0.4) is 0 Å². The molecule has 2 heteroatoms. The summed E-state index contributed by atoms with van der Waals surface area (Å²) in [6, 6.07) is 0. The number of rotatable bonds is 4. The molecular weight excluding hydrogens is 162 g/mol. The van der Waals surface area contributed by atoms with Crippen molar-refractivity contribution in [3.8, 4) is 0 Å². The van der Waals surface area contributed by atoms with Gasteiger partial charge in [0.2, 0.25) is 0 Å². The van der Waals surface area contributed by atoms with Gasteiger partial charge in [-0.05, 0) is 12.8 Å². The van der Waals surface area contributed by atoms with E-state index in [-0.39, 0.29) is 0 Å². The molecule has 0 rings (SSSR count). The number of oxime groups is 1. The topological polar surface area (TPSA) is 32.6 Å². The van der Waals surface area contributed by atoms with E-state index in [2.05, 4.69) is 19.0 Å². The summed E-state index contributed by atoms with van der Waals surface area (Å²) in [5.74, 6) is 0. The van der Waals surface area contributed by atoms with Gasteiger partial charge >= 0.3 is 0 Å². The zero-order valence-corrected chi connectivity index (χ0v) is 10.2. The van der Waals surface area contributed by atoms with E-state index in [4.69, 9.17) is 5.21 Å². The van der Waals surface area contributed by atoms with Crippen molar-refractivity contribution in [3.05, 3.63) is 0 Å². The molecule has 0 aliphatic rings. The molecular formula is C11H27NO. The molecule has 0 unspecified atom stereocenters. The Morgan fingerprint density at radius 2 is 1.23 bits per heavy atom. The van der Waals surface area contributed by atoms with Crippen LogP contribution in [0.25, 0.3) is 0 Å². The van der Waals surface area contributed by atoms with Crippen LogP contribution in [0.1, 0.15) is 67.2 Å². The highest BCUT2D eigenvalue weighted by molar-refractivity contribution is 5.83.